The Morgan fingerprint density at radius 1 is 1.00 bits per heavy atom. The molecule has 0 spiro atoms. The van der Waals surface area contributed by atoms with Gasteiger partial charge in [0.2, 0.25) is 11.8 Å². The highest BCUT2D eigenvalue weighted by Crippen LogP contribution is 2.43. The van der Waals surface area contributed by atoms with Crippen molar-refractivity contribution < 1.29 is 18.8 Å². The van der Waals surface area contributed by atoms with Gasteiger partial charge < -0.3 is 4.43 Å². The van der Waals surface area contributed by atoms with Gasteiger partial charge in [-0.25, -0.2) is 4.79 Å². The highest BCUT2D eigenvalue weighted by Gasteiger charge is 2.60. The fraction of sp³-hybridized carbons (Fsp3) is 0.833. The number of barbiturate groups is 1. The standard InChI is InChI=1S/C18H36N2O4Si2/c1-11-18(13(2)12-14(3)24-26(8,9)10)15(21)19(4)17(23)20(16(18)22)25(5,6)7/h13-14H,11-12H2,1-10H3. The van der Waals surface area contributed by atoms with Gasteiger partial charge in [0, 0.05) is 13.2 Å². The third-order valence-electron chi connectivity index (χ3n) is 5.06. The van der Waals surface area contributed by atoms with E-state index in [-0.39, 0.29) is 23.8 Å². The molecule has 0 bridgehead atoms. The fourth-order valence-corrected chi connectivity index (χ4v) is 6.76. The summed E-state index contributed by atoms with van der Waals surface area (Å²) >= 11 is 0. The maximum absolute atomic E-state index is 13.5. The van der Waals surface area contributed by atoms with Crippen LogP contribution in [0.2, 0.25) is 39.3 Å². The largest absolute Gasteiger partial charge is 0.415 e. The first-order valence-electron chi connectivity index (χ1n) is 9.44. The van der Waals surface area contributed by atoms with Crippen LogP contribution in [0.15, 0.2) is 0 Å². The van der Waals surface area contributed by atoms with Crippen molar-refractivity contribution in [2.75, 3.05) is 7.05 Å². The zero-order chi connectivity index (χ0) is 20.7. The van der Waals surface area contributed by atoms with E-state index in [1.54, 1.807) is 0 Å². The molecule has 0 radical (unpaired) electrons. The van der Waals surface area contributed by atoms with Crippen LogP contribution in [0.1, 0.15) is 33.6 Å². The van der Waals surface area contributed by atoms with Gasteiger partial charge in [-0.05, 0) is 45.3 Å². The maximum Gasteiger partial charge on any atom is 0.325 e. The van der Waals surface area contributed by atoms with E-state index >= 15 is 0 Å². The van der Waals surface area contributed by atoms with Crippen LogP contribution in [0.4, 0.5) is 4.79 Å². The van der Waals surface area contributed by atoms with E-state index in [0.29, 0.717) is 12.8 Å². The summed E-state index contributed by atoms with van der Waals surface area (Å²) in [5.41, 5.74) is -1.19. The van der Waals surface area contributed by atoms with E-state index in [1.807, 2.05) is 40.4 Å². The Morgan fingerprint density at radius 3 is 1.88 bits per heavy atom. The number of amides is 4. The second kappa shape index (κ2) is 7.55. The van der Waals surface area contributed by atoms with Crippen LogP contribution in [0, 0.1) is 11.3 Å². The normalized spacial score (nSPS) is 24.9. The number of carbonyl (C=O) groups is 3. The summed E-state index contributed by atoms with van der Waals surface area (Å²) in [6, 6.07) is -0.484. The van der Waals surface area contributed by atoms with Crippen molar-refractivity contribution in [3.05, 3.63) is 0 Å². The summed E-state index contributed by atoms with van der Waals surface area (Å²) in [6.45, 7) is 18.0. The molecule has 1 aliphatic rings. The lowest BCUT2D eigenvalue weighted by atomic mass is 9.69. The van der Waals surface area contributed by atoms with Gasteiger partial charge in [0.25, 0.3) is 0 Å². The Balaban J connectivity index is 3.30. The lowest BCUT2D eigenvalue weighted by Crippen LogP contribution is -2.71. The Bertz CT molecular complexity index is 583. The lowest BCUT2D eigenvalue weighted by Gasteiger charge is -2.49. The monoisotopic (exact) mass is 400 g/mol. The van der Waals surface area contributed by atoms with Gasteiger partial charge in [-0.3, -0.25) is 19.1 Å². The van der Waals surface area contributed by atoms with E-state index in [4.69, 9.17) is 4.43 Å². The van der Waals surface area contributed by atoms with E-state index in [0.717, 1.165) is 4.90 Å². The molecule has 1 heterocycles. The third kappa shape index (κ3) is 4.28. The average Bonchev–Trinajstić information content (AvgIpc) is 2.42. The second-order valence-corrected chi connectivity index (χ2v) is 18.7. The summed E-state index contributed by atoms with van der Waals surface area (Å²) in [6.07, 6.45) is 0.949. The predicted molar refractivity (Wildman–Crippen MR) is 109 cm³/mol. The fourth-order valence-electron chi connectivity index (χ4n) is 3.93. The smallest absolute Gasteiger partial charge is 0.325 e. The first-order chi connectivity index (χ1) is 11.6. The van der Waals surface area contributed by atoms with Crippen molar-refractivity contribution in [3.63, 3.8) is 0 Å². The van der Waals surface area contributed by atoms with Gasteiger partial charge in [0.1, 0.15) is 5.41 Å². The van der Waals surface area contributed by atoms with Crippen LogP contribution in [-0.2, 0) is 14.0 Å². The number of rotatable bonds is 7. The van der Waals surface area contributed by atoms with E-state index < -0.39 is 28.0 Å². The molecule has 4 amide bonds. The highest BCUT2D eigenvalue weighted by atomic mass is 28.4. The summed E-state index contributed by atoms with van der Waals surface area (Å²) in [5.74, 6) is -0.912. The molecule has 0 N–H and O–H groups in total. The molecule has 0 aromatic rings. The number of carbonyl (C=O) groups excluding carboxylic acids is 3. The number of hydrogen-bond donors (Lipinski definition) is 0. The number of urea groups is 1. The minimum atomic E-state index is -2.27. The van der Waals surface area contributed by atoms with Crippen LogP contribution in [0.3, 0.4) is 0 Å². The van der Waals surface area contributed by atoms with Crippen molar-refractivity contribution in [2.24, 2.45) is 11.3 Å². The van der Waals surface area contributed by atoms with Gasteiger partial charge in [0.15, 0.2) is 16.6 Å². The Labute approximate surface area is 160 Å². The summed E-state index contributed by atoms with van der Waals surface area (Å²) in [5, 5.41) is 0. The second-order valence-electron chi connectivity index (χ2n) is 9.46. The summed E-state index contributed by atoms with van der Waals surface area (Å²) in [7, 11) is -2.49. The topological polar surface area (TPSA) is 66.9 Å². The Kier molecular flexibility index (Phi) is 6.70. The van der Waals surface area contributed by atoms with Crippen molar-refractivity contribution in [2.45, 2.75) is 79.0 Å². The molecule has 1 rings (SSSR count). The molecule has 3 unspecified atom stereocenters. The molecule has 0 saturated carbocycles. The SMILES string of the molecule is CCC1(C(C)CC(C)O[Si](C)(C)C)C(=O)N(C)C(=O)N([Si](C)(C)C)C1=O. The minimum Gasteiger partial charge on any atom is -0.415 e. The molecule has 0 aromatic heterocycles. The van der Waals surface area contributed by atoms with Crippen LogP contribution in [0.25, 0.3) is 0 Å². The zero-order valence-electron chi connectivity index (χ0n) is 18.1. The van der Waals surface area contributed by atoms with Crippen molar-refractivity contribution in [3.8, 4) is 0 Å². The molecular formula is C18H36N2O4Si2. The average molecular weight is 401 g/mol. The minimum absolute atomic E-state index is 0.0380. The molecule has 0 aliphatic carbocycles. The van der Waals surface area contributed by atoms with Gasteiger partial charge >= 0.3 is 6.03 Å². The molecule has 26 heavy (non-hydrogen) atoms. The lowest BCUT2D eigenvalue weighted by molar-refractivity contribution is -0.160. The summed E-state index contributed by atoms with van der Waals surface area (Å²) < 4.78 is 7.52. The van der Waals surface area contributed by atoms with Crippen molar-refractivity contribution >= 4 is 34.4 Å². The number of nitrogens with zero attached hydrogens (tertiary/aromatic N) is 2. The zero-order valence-corrected chi connectivity index (χ0v) is 20.1. The molecule has 150 valence electrons. The van der Waals surface area contributed by atoms with Gasteiger partial charge in [-0.15, -0.1) is 0 Å². The van der Waals surface area contributed by atoms with Crippen LogP contribution < -0.4 is 0 Å². The van der Waals surface area contributed by atoms with E-state index in [1.165, 1.54) is 11.6 Å². The maximum atomic E-state index is 13.5. The first kappa shape index (κ1) is 23.0. The Morgan fingerprint density at radius 2 is 1.50 bits per heavy atom. The molecular weight excluding hydrogens is 364 g/mol. The summed E-state index contributed by atoms with van der Waals surface area (Å²) in [4.78, 5) is 40.4. The van der Waals surface area contributed by atoms with Crippen LogP contribution >= 0.6 is 0 Å². The van der Waals surface area contributed by atoms with Crippen LogP contribution in [0.5, 0.6) is 0 Å². The van der Waals surface area contributed by atoms with E-state index in [9.17, 15) is 14.4 Å². The predicted octanol–water partition coefficient (Wildman–Crippen LogP) is 3.90. The Hall–Kier alpha value is -0.996. The van der Waals surface area contributed by atoms with Crippen LogP contribution in [-0.4, -0.2) is 57.0 Å². The molecule has 1 fully saturated rings. The number of imide groups is 2. The van der Waals surface area contributed by atoms with Gasteiger partial charge in [0.05, 0.1) is 0 Å². The van der Waals surface area contributed by atoms with Gasteiger partial charge in [-0.2, -0.15) is 0 Å². The number of hydrogen-bond acceptors (Lipinski definition) is 4. The molecule has 0 aromatic carbocycles. The van der Waals surface area contributed by atoms with Crippen molar-refractivity contribution in [1.29, 1.82) is 0 Å². The van der Waals surface area contributed by atoms with E-state index in [2.05, 4.69) is 19.6 Å². The van der Waals surface area contributed by atoms with Crippen molar-refractivity contribution in [1.82, 2.24) is 9.47 Å². The molecule has 8 heteroatoms. The first-order valence-corrected chi connectivity index (χ1v) is 16.3. The molecule has 3 atom stereocenters. The molecule has 1 saturated heterocycles. The molecule has 1 aliphatic heterocycles. The molecule has 6 nitrogen and oxygen atoms in total. The highest BCUT2D eigenvalue weighted by molar-refractivity contribution is 6.78. The third-order valence-corrected chi connectivity index (χ3v) is 7.90. The quantitative estimate of drug-likeness (QED) is 0.480. The van der Waals surface area contributed by atoms with Gasteiger partial charge in [-0.1, -0.05) is 33.5 Å².